The Labute approximate surface area is 166 Å². The fourth-order valence-corrected chi connectivity index (χ4v) is 3.42. The van der Waals surface area contributed by atoms with Crippen molar-refractivity contribution in [2.75, 3.05) is 18.0 Å². The molecule has 1 aromatic carbocycles. The van der Waals surface area contributed by atoms with Crippen molar-refractivity contribution in [1.82, 2.24) is 14.5 Å². The SMILES string of the molecule is [C-]#[N+]c1ccc(Cn2c(N3CCC(F)(F)[C@H](N)C3)nc3cc([N+]#[C-])ccc32)nc1. The highest BCUT2D eigenvalue weighted by molar-refractivity contribution is 5.83. The van der Waals surface area contributed by atoms with Crippen molar-refractivity contribution in [2.24, 2.45) is 5.73 Å². The Kier molecular flexibility index (Phi) is 4.61. The predicted octanol–water partition coefficient (Wildman–Crippen LogP) is 3.75. The van der Waals surface area contributed by atoms with Crippen molar-refractivity contribution >= 4 is 28.4 Å². The first-order chi connectivity index (χ1) is 13.9. The van der Waals surface area contributed by atoms with Crippen molar-refractivity contribution < 1.29 is 8.78 Å². The van der Waals surface area contributed by atoms with E-state index in [0.717, 1.165) is 5.52 Å². The molecule has 7 nitrogen and oxygen atoms in total. The summed E-state index contributed by atoms with van der Waals surface area (Å²) in [5.74, 6) is -2.38. The van der Waals surface area contributed by atoms with Gasteiger partial charge in [0.05, 0.1) is 42.5 Å². The van der Waals surface area contributed by atoms with Crippen molar-refractivity contribution in [3.63, 3.8) is 0 Å². The summed E-state index contributed by atoms with van der Waals surface area (Å²) in [5.41, 5.74) is 8.69. The number of hydrogen-bond donors (Lipinski definition) is 1. The van der Waals surface area contributed by atoms with E-state index >= 15 is 0 Å². The molecular formula is C20H17F2N7. The molecule has 0 spiro atoms. The first-order valence-electron chi connectivity index (χ1n) is 9.00. The predicted molar refractivity (Wildman–Crippen MR) is 105 cm³/mol. The summed E-state index contributed by atoms with van der Waals surface area (Å²) >= 11 is 0. The molecule has 2 aromatic heterocycles. The number of fused-ring (bicyclic) bond motifs is 1. The van der Waals surface area contributed by atoms with Gasteiger partial charge in [-0.3, -0.25) is 4.98 Å². The third-order valence-electron chi connectivity index (χ3n) is 5.06. The lowest BCUT2D eigenvalue weighted by Gasteiger charge is -2.37. The first-order valence-corrected chi connectivity index (χ1v) is 9.00. The molecule has 0 unspecified atom stereocenters. The molecule has 1 fully saturated rings. The van der Waals surface area contributed by atoms with Gasteiger partial charge < -0.3 is 15.2 Å². The van der Waals surface area contributed by atoms with Crippen LogP contribution in [0.25, 0.3) is 20.7 Å². The van der Waals surface area contributed by atoms with E-state index < -0.39 is 12.0 Å². The topological polar surface area (TPSA) is 68.7 Å². The quantitative estimate of drug-likeness (QED) is 0.688. The van der Waals surface area contributed by atoms with E-state index in [1.54, 1.807) is 35.2 Å². The smallest absolute Gasteiger partial charge is 0.266 e. The highest BCUT2D eigenvalue weighted by Crippen LogP contribution is 2.32. The normalized spacial score (nSPS) is 18.4. The molecule has 3 aromatic rings. The summed E-state index contributed by atoms with van der Waals surface area (Å²) in [6.45, 7) is 14.7. The molecule has 3 heterocycles. The van der Waals surface area contributed by atoms with E-state index in [1.165, 1.54) is 6.20 Å². The van der Waals surface area contributed by atoms with Gasteiger partial charge in [0.2, 0.25) is 11.6 Å². The Morgan fingerprint density at radius 2 is 1.93 bits per heavy atom. The average Bonchev–Trinajstić information content (AvgIpc) is 3.08. The minimum Gasteiger partial charge on any atom is -0.340 e. The molecule has 1 saturated heterocycles. The van der Waals surface area contributed by atoms with Gasteiger partial charge in [-0.15, -0.1) is 0 Å². The number of imidazole rings is 1. The largest absolute Gasteiger partial charge is 0.340 e. The molecular weight excluding hydrogens is 376 g/mol. The second-order valence-electron chi connectivity index (χ2n) is 6.97. The number of hydrogen-bond acceptors (Lipinski definition) is 4. The van der Waals surface area contributed by atoms with Gasteiger partial charge in [0.1, 0.15) is 0 Å². The molecule has 4 rings (SSSR count). The van der Waals surface area contributed by atoms with E-state index in [-0.39, 0.29) is 19.5 Å². The summed E-state index contributed by atoms with van der Waals surface area (Å²) in [6, 6.07) is 7.33. The van der Waals surface area contributed by atoms with E-state index in [1.807, 2.05) is 4.57 Å². The Morgan fingerprint density at radius 1 is 1.17 bits per heavy atom. The van der Waals surface area contributed by atoms with Gasteiger partial charge in [-0.25, -0.2) is 23.5 Å². The Morgan fingerprint density at radius 3 is 2.59 bits per heavy atom. The standard InChI is InChI=1S/C20H17F2N7/c1-24-13-5-6-17-16(9-13)27-19(28-8-7-20(21,22)18(23)12-28)29(17)11-15-4-3-14(25-2)10-26-15/h3-6,9-10,18H,7-8,11-12,23H2/t18-/m1/s1. The number of aromatic nitrogens is 3. The minimum absolute atomic E-state index is 0.0178. The van der Waals surface area contributed by atoms with Crippen molar-refractivity contribution in [1.29, 1.82) is 0 Å². The van der Waals surface area contributed by atoms with Gasteiger partial charge in [0, 0.05) is 25.7 Å². The molecule has 0 saturated carbocycles. The molecule has 2 N–H and O–H groups in total. The van der Waals surface area contributed by atoms with Crippen LogP contribution in [0, 0.1) is 13.1 Å². The number of halogens is 2. The van der Waals surface area contributed by atoms with Crippen LogP contribution in [-0.4, -0.2) is 39.6 Å². The van der Waals surface area contributed by atoms with Gasteiger partial charge in [-0.05, 0) is 18.2 Å². The maximum atomic E-state index is 13.9. The summed E-state index contributed by atoms with van der Waals surface area (Å²) in [7, 11) is 0. The first kappa shape index (κ1) is 18.8. The number of anilines is 1. The Balaban J connectivity index is 1.77. The second kappa shape index (κ2) is 7.12. The van der Waals surface area contributed by atoms with Crippen LogP contribution in [0.1, 0.15) is 12.1 Å². The molecule has 0 bridgehead atoms. The Hall–Kier alpha value is -3.56. The van der Waals surface area contributed by atoms with Crippen LogP contribution >= 0.6 is 0 Å². The third kappa shape index (κ3) is 3.48. The molecule has 29 heavy (non-hydrogen) atoms. The van der Waals surface area contributed by atoms with Gasteiger partial charge >= 0.3 is 0 Å². The lowest BCUT2D eigenvalue weighted by atomic mass is 10.0. The molecule has 1 aliphatic heterocycles. The molecule has 9 heteroatoms. The number of benzene rings is 1. The van der Waals surface area contributed by atoms with Crippen molar-refractivity contribution in [3.8, 4) is 0 Å². The number of pyridine rings is 1. The second-order valence-corrected chi connectivity index (χ2v) is 6.97. The summed E-state index contributed by atoms with van der Waals surface area (Å²) in [4.78, 5) is 17.5. The van der Waals surface area contributed by atoms with Gasteiger partial charge in [-0.1, -0.05) is 12.1 Å². The van der Waals surface area contributed by atoms with Crippen molar-refractivity contribution in [2.45, 2.75) is 24.9 Å². The molecule has 1 atom stereocenters. The van der Waals surface area contributed by atoms with Crippen LogP contribution in [0.15, 0.2) is 36.5 Å². The number of rotatable bonds is 3. The molecule has 0 aliphatic carbocycles. The molecule has 0 amide bonds. The number of piperidine rings is 1. The van der Waals surface area contributed by atoms with Gasteiger partial charge in [-0.2, -0.15) is 0 Å². The fraction of sp³-hybridized carbons (Fsp3) is 0.300. The van der Waals surface area contributed by atoms with Crippen LogP contribution in [0.5, 0.6) is 0 Å². The maximum absolute atomic E-state index is 13.9. The maximum Gasteiger partial charge on any atom is 0.266 e. The summed E-state index contributed by atoms with van der Waals surface area (Å²) < 4.78 is 29.6. The van der Waals surface area contributed by atoms with E-state index in [2.05, 4.69) is 19.7 Å². The monoisotopic (exact) mass is 393 g/mol. The van der Waals surface area contributed by atoms with Crippen LogP contribution in [-0.2, 0) is 6.54 Å². The lowest BCUT2D eigenvalue weighted by molar-refractivity contribution is -0.0395. The zero-order valence-electron chi connectivity index (χ0n) is 15.4. The highest BCUT2D eigenvalue weighted by atomic mass is 19.3. The number of nitrogens with two attached hydrogens (primary N) is 1. The summed E-state index contributed by atoms with van der Waals surface area (Å²) in [6.07, 6.45) is 1.15. The highest BCUT2D eigenvalue weighted by Gasteiger charge is 2.42. The van der Waals surface area contributed by atoms with Crippen LogP contribution in [0.2, 0.25) is 0 Å². The van der Waals surface area contributed by atoms with Crippen LogP contribution < -0.4 is 10.6 Å². The van der Waals surface area contributed by atoms with Gasteiger partial charge in [0.15, 0.2) is 5.69 Å². The number of alkyl halides is 2. The van der Waals surface area contributed by atoms with Gasteiger partial charge in [0.25, 0.3) is 5.92 Å². The summed E-state index contributed by atoms with van der Waals surface area (Å²) in [5, 5.41) is 0. The fourth-order valence-electron chi connectivity index (χ4n) is 3.42. The Bertz CT molecular complexity index is 1140. The molecule has 146 valence electrons. The molecule has 0 radical (unpaired) electrons. The van der Waals surface area contributed by atoms with E-state index in [4.69, 9.17) is 18.9 Å². The minimum atomic E-state index is -2.90. The number of nitrogens with zero attached hydrogens (tertiary/aromatic N) is 6. The van der Waals surface area contributed by atoms with Crippen LogP contribution in [0.4, 0.5) is 26.1 Å². The molecule has 1 aliphatic rings. The average molecular weight is 393 g/mol. The third-order valence-corrected chi connectivity index (χ3v) is 5.06. The van der Waals surface area contributed by atoms with E-state index in [0.29, 0.717) is 35.1 Å². The van der Waals surface area contributed by atoms with Crippen molar-refractivity contribution in [3.05, 3.63) is 65.1 Å². The zero-order valence-corrected chi connectivity index (χ0v) is 15.4. The van der Waals surface area contributed by atoms with Crippen LogP contribution in [0.3, 0.4) is 0 Å². The van der Waals surface area contributed by atoms with E-state index in [9.17, 15) is 8.78 Å². The zero-order chi connectivity index (χ0) is 20.6. The lowest BCUT2D eigenvalue weighted by Crippen LogP contribution is -2.55.